The third-order valence-corrected chi connectivity index (χ3v) is 7.19. The van der Waals surface area contributed by atoms with E-state index in [0.29, 0.717) is 11.7 Å². The minimum atomic E-state index is -0.179. The van der Waals surface area contributed by atoms with E-state index in [0.717, 1.165) is 40.7 Å². The van der Waals surface area contributed by atoms with Crippen LogP contribution in [0.2, 0.25) is 0 Å². The van der Waals surface area contributed by atoms with Crippen molar-refractivity contribution in [1.82, 2.24) is 19.5 Å². The van der Waals surface area contributed by atoms with Crippen LogP contribution in [-0.2, 0) is 24.2 Å². The summed E-state index contributed by atoms with van der Waals surface area (Å²) in [5.41, 5.74) is 2.80. The van der Waals surface area contributed by atoms with Crippen LogP contribution in [0, 0.1) is 0 Å². The number of rotatable bonds is 5. The van der Waals surface area contributed by atoms with E-state index in [4.69, 9.17) is 0 Å². The number of thiazole rings is 1. The minimum absolute atomic E-state index is 0.0414. The van der Waals surface area contributed by atoms with E-state index >= 15 is 0 Å². The second-order valence-electron chi connectivity index (χ2n) is 7.21. The topological polar surface area (TPSA) is 89.8 Å². The van der Waals surface area contributed by atoms with Crippen molar-refractivity contribution in [2.45, 2.75) is 38.6 Å². The average Bonchev–Trinajstić information content (AvgIpc) is 3.38. The van der Waals surface area contributed by atoms with Crippen LogP contribution in [0.4, 0.5) is 5.13 Å². The maximum Gasteiger partial charge on any atom is 0.262 e. The molecule has 1 aliphatic carbocycles. The number of hydrogen-bond acceptors (Lipinski definition) is 7. The monoisotopic (exact) mass is 437 g/mol. The molecule has 152 valence electrons. The number of carbonyl (C=O) groups is 1. The molecule has 0 atom stereocenters. The van der Waals surface area contributed by atoms with Crippen LogP contribution in [0.25, 0.3) is 21.5 Å². The molecule has 4 heterocycles. The van der Waals surface area contributed by atoms with Crippen molar-refractivity contribution in [3.8, 4) is 11.3 Å². The maximum atomic E-state index is 13.0. The van der Waals surface area contributed by atoms with Gasteiger partial charge in [0, 0.05) is 41.2 Å². The van der Waals surface area contributed by atoms with Crippen LogP contribution in [0.3, 0.4) is 0 Å². The van der Waals surface area contributed by atoms with Gasteiger partial charge in [0.2, 0.25) is 5.91 Å². The Hall–Kier alpha value is -2.91. The molecule has 0 fully saturated rings. The largest absolute Gasteiger partial charge is 0.302 e. The van der Waals surface area contributed by atoms with Crippen molar-refractivity contribution in [2.24, 2.45) is 0 Å². The van der Waals surface area contributed by atoms with Crippen molar-refractivity contribution in [3.63, 3.8) is 0 Å². The maximum absolute atomic E-state index is 13.0. The lowest BCUT2D eigenvalue weighted by molar-refractivity contribution is -0.116. The van der Waals surface area contributed by atoms with E-state index < -0.39 is 0 Å². The normalized spacial score (nSPS) is 13.3. The zero-order valence-corrected chi connectivity index (χ0v) is 17.8. The first-order chi connectivity index (χ1) is 14.7. The van der Waals surface area contributed by atoms with Gasteiger partial charge in [0.15, 0.2) is 5.13 Å². The van der Waals surface area contributed by atoms with E-state index in [9.17, 15) is 9.59 Å². The highest BCUT2D eigenvalue weighted by atomic mass is 32.1. The summed E-state index contributed by atoms with van der Waals surface area (Å²) >= 11 is 3.00. The molecule has 5 rings (SSSR count). The Balaban J connectivity index is 1.28. The summed E-state index contributed by atoms with van der Waals surface area (Å²) in [6.07, 6.45) is 9.45. The van der Waals surface area contributed by atoms with Gasteiger partial charge in [0.05, 0.1) is 17.4 Å². The van der Waals surface area contributed by atoms with Crippen molar-refractivity contribution in [1.29, 1.82) is 0 Å². The lowest BCUT2D eigenvalue weighted by Crippen LogP contribution is -2.24. The number of nitrogens with zero attached hydrogens (tertiary/aromatic N) is 4. The second-order valence-corrected chi connectivity index (χ2v) is 9.15. The van der Waals surface area contributed by atoms with Crippen molar-refractivity contribution in [3.05, 3.63) is 57.0 Å². The minimum Gasteiger partial charge on any atom is -0.302 e. The summed E-state index contributed by atoms with van der Waals surface area (Å²) in [6, 6.07) is 3.77. The predicted octanol–water partition coefficient (Wildman–Crippen LogP) is 3.88. The van der Waals surface area contributed by atoms with E-state index in [2.05, 4.69) is 20.3 Å². The zero-order valence-electron chi connectivity index (χ0n) is 16.1. The SMILES string of the molecule is O=C(CCn1cnc2sc3c(c2c1=O)CCCC3)Nc1nc(-c2cccnc2)cs1. The summed E-state index contributed by atoms with van der Waals surface area (Å²) < 4.78 is 1.55. The van der Waals surface area contributed by atoms with E-state index in [1.807, 2.05) is 17.5 Å². The van der Waals surface area contributed by atoms with Crippen LogP contribution in [0.1, 0.15) is 29.7 Å². The Morgan fingerprint density at radius 1 is 1.27 bits per heavy atom. The highest BCUT2D eigenvalue weighted by molar-refractivity contribution is 7.18. The average molecular weight is 438 g/mol. The Bertz CT molecular complexity index is 1280. The number of fused-ring (bicyclic) bond motifs is 3. The number of thiophene rings is 1. The smallest absolute Gasteiger partial charge is 0.262 e. The molecule has 1 aliphatic rings. The van der Waals surface area contributed by atoms with Gasteiger partial charge in [-0.25, -0.2) is 9.97 Å². The van der Waals surface area contributed by atoms with Gasteiger partial charge in [-0.15, -0.1) is 22.7 Å². The van der Waals surface area contributed by atoms with Gasteiger partial charge in [-0.2, -0.15) is 0 Å². The summed E-state index contributed by atoms with van der Waals surface area (Å²) in [5, 5.41) is 5.98. The van der Waals surface area contributed by atoms with Crippen LogP contribution < -0.4 is 10.9 Å². The van der Waals surface area contributed by atoms with Gasteiger partial charge in [-0.3, -0.25) is 19.1 Å². The molecular formula is C21H19N5O2S2. The Morgan fingerprint density at radius 2 is 2.17 bits per heavy atom. The molecule has 4 aromatic rings. The van der Waals surface area contributed by atoms with Gasteiger partial charge < -0.3 is 5.32 Å². The first kappa shape index (κ1) is 19.1. The number of aromatic nitrogens is 4. The molecule has 0 saturated heterocycles. The standard InChI is InChI=1S/C21H19N5O2S2/c27-17(25-21-24-15(11-29-21)13-4-3-8-22-10-13)7-9-26-12-23-19-18(20(26)28)14-5-1-2-6-16(14)30-19/h3-4,8,10-12H,1-2,5-7,9H2,(H,24,25,27). The first-order valence-corrected chi connectivity index (χ1v) is 11.5. The van der Waals surface area contributed by atoms with Gasteiger partial charge in [0.25, 0.3) is 5.56 Å². The summed E-state index contributed by atoms with van der Waals surface area (Å²) in [5.74, 6) is -0.179. The predicted molar refractivity (Wildman–Crippen MR) is 119 cm³/mol. The lowest BCUT2D eigenvalue weighted by atomic mass is 9.97. The summed E-state index contributed by atoms with van der Waals surface area (Å²) in [6.45, 7) is 0.291. The molecule has 4 aromatic heterocycles. The number of nitrogens with one attached hydrogen (secondary N) is 1. The molecule has 9 heteroatoms. The molecule has 0 radical (unpaired) electrons. The number of anilines is 1. The fourth-order valence-electron chi connectivity index (χ4n) is 3.72. The molecule has 1 amide bonds. The number of carbonyl (C=O) groups excluding carboxylic acids is 1. The number of pyridine rings is 1. The highest BCUT2D eigenvalue weighted by Gasteiger charge is 2.20. The lowest BCUT2D eigenvalue weighted by Gasteiger charge is -2.10. The quantitative estimate of drug-likeness (QED) is 0.512. The van der Waals surface area contributed by atoms with Crippen LogP contribution in [-0.4, -0.2) is 25.4 Å². The molecule has 30 heavy (non-hydrogen) atoms. The second kappa shape index (κ2) is 8.08. The van der Waals surface area contributed by atoms with E-state index in [1.165, 1.54) is 28.2 Å². The number of amides is 1. The van der Waals surface area contributed by atoms with Crippen LogP contribution >= 0.6 is 22.7 Å². The molecule has 0 bridgehead atoms. The third kappa shape index (κ3) is 3.66. The zero-order chi connectivity index (χ0) is 20.5. The van der Waals surface area contributed by atoms with Crippen molar-refractivity contribution >= 4 is 43.9 Å². The molecule has 0 saturated carbocycles. The third-order valence-electron chi connectivity index (χ3n) is 5.23. The van der Waals surface area contributed by atoms with Gasteiger partial charge in [-0.05, 0) is 43.4 Å². The molecule has 0 spiro atoms. The highest BCUT2D eigenvalue weighted by Crippen LogP contribution is 2.33. The van der Waals surface area contributed by atoms with Crippen molar-refractivity contribution < 1.29 is 4.79 Å². The number of hydrogen-bond donors (Lipinski definition) is 1. The fourth-order valence-corrected chi connectivity index (χ4v) is 5.68. The molecule has 0 unspecified atom stereocenters. The van der Waals surface area contributed by atoms with Gasteiger partial charge in [-0.1, -0.05) is 0 Å². The summed E-state index contributed by atoms with van der Waals surface area (Å²) in [4.78, 5) is 40.5. The van der Waals surface area contributed by atoms with E-state index in [-0.39, 0.29) is 17.9 Å². The molecule has 7 nitrogen and oxygen atoms in total. The molecule has 1 N–H and O–H groups in total. The molecule has 0 aromatic carbocycles. The van der Waals surface area contributed by atoms with Crippen LogP contribution in [0.5, 0.6) is 0 Å². The van der Waals surface area contributed by atoms with Crippen molar-refractivity contribution in [2.75, 3.05) is 5.32 Å². The Labute approximate surface area is 180 Å². The van der Waals surface area contributed by atoms with E-state index in [1.54, 1.807) is 34.6 Å². The Morgan fingerprint density at radius 3 is 3.03 bits per heavy atom. The van der Waals surface area contributed by atoms with Gasteiger partial charge >= 0.3 is 0 Å². The number of aryl methyl sites for hydroxylation is 3. The molecule has 0 aliphatic heterocycles. The van der Waals surface area contributed by atoms with Crippen LogP contribution in [0.15, 0.2) is 41.0 Å². The Kier molecular flexibility index (Phi) is 5.14. The molecular weight excluding hydrogens is 418 g/mol. The van der Waals surface area contributed by atoms with Gasteiger partial charge in [0.1, 0.15) is 4.83 Å². The fraction of sp³-hybridized carbons (Fsp3) is 0.286. The summed E-state index contributed by atoms with van der Waals surface area (Å²) in [7, 11) is 0. The first-order valence-electron chi connectivity index (χ1n) is 9.84.